The van der Waals surface area contributed by atoms with Crippen LogP contribution in [0.3, 0.4) is 0 Å². The summed E-state index contributed by atoms with van der Waals surface area (Å²) in [5.41, 5.74) is 9.59. The topological polar surface area (TPSA) is 61.5 Å². The number of rotatable bonds is 6. The lowest BCUT2D eigenvalue weighted by Crippen LogP contribution is -2.15. The third-order valence-electron chi connectivity index (χ3n) is 3.49. The Hall–Kier alpha value is -2.17. The second-order valence-electron chi connectivity index (χ2n) is 5.13. The summed E-state index contributed by atoms with van der Waals surface area (Å²) in [7, 11) is 1.37. The van der Waals surface area contributed by atoms with Gasteiger partial charge in [0, 0.05) is 6.54 Å². The zero-order valence-electron chi connectivity index (χ0n) is 12.9. The Morgan fingerprint density at radius 1 is 1.09 bits per heavy atom. The minimum atomic E-state index is -0.341. The molecule has 0 fully saturated rings. The largest absolute Gasteiger partial charge is 0.465 e. The van der Waals surface area contributed by atoms with Crippen LogP contribution < -0.4 is 5.73 Å². The Balaban J connectivity index is 1.98. The molecule has 0 aliphatic rings. The Labute approximate surface area is 130 Å². The minimum Gasteiger partial charge on any atom is -0.465 e. The van der Waals surface area contributed by atoms with Crippen molar-refractivity contribution in [1.82, 2.24) is 0 Å². The monoisotopic (exact) mass is 299 g/mol. The van der Waals surface area contributed by atoms with Crippen LogP contribution in [0.25, 0.3) is 0 Å². The number of hydrogen-bond acceptors (Lipinski definition) is 4. The quantitative estimate of drug-likeness (QED) is 0.833. The first kappa shape index (κ1) is 16.2. The standard InChI is InChI=1S/C18H21NO3/c1-13-3-7-15(8-4-13)17(11-19)22-12-14-5-9-16(10-6-14)18(20)21-2/h3-10,17H,11-12,19H2,1-2H3. The molecule has 2 rings (SSSR count). The van der Waals surface area contributed by atoms with Crippen LogP contribution in [-0.4, -0.2) is 19.6 Å². The van der Waals surface area contributed by atoms with E-state index in [1.165, 1.54) is 12.7 Å². The number of ether oxygens (including phenoxy) is 2. The van der Waals surface area contributed by atoms with Gasteiger partial charge in [0.2, 0.25) is 0 Å². The van der Waals surface area contributed by atoms with E-state index in [2.05, 4.69) is 4.74 Å². The van der Waals surface area contributed by atoms with Gasteiger partial charge in [-0.1, -0.05) is 42.0 Å². The molecule has 2 aromatic rings. The van der Waals surface area contributed by atoms with E-state index in [4.69, 9.17) is 10.5 Å². The molecule has 1 atom stereocenters. The van der Waals surface area contributed by atoms with Crippen LogP contribution in [0.5, 0.6) is 0 Å². The highest BCUT2D eigenvalue weighted by Gasteiger charge is 2.10. The van der Waals surface area contributed by atoms with Crippen LogP contribution in [0.4, 0.5) is 0 Å². The molecular formula is C18H21NO3. The van der Waals surface area contributed by atoms with Crippen molar-refractivity contribution in [3.05, 3.63) is 70.8 Å². The minimum absolute atomic E-state index is 0.138. The molecule has 2 N–H and O–H groups in total. The van der Waals surface area contributed by atoms with E-state index in [1.54, 1.807) is 12.1 Å². The lowest BCUT2D eigenvalue weighted by atomic mass is 10.1. The summed E-state index contributed by atoms with van der Waals surface area (Å²) < 4.78 is 10.6. The maximum Gasteiger partial charge on any atom is 0.337 e. The number of benzene rings is 2. The van der Waals surface area contributed by atoms with E-state index in [0.29, 0.717) is 18.7 Å². The molecular weight excluding hydrogens is 278 g/mol. The van der Waals surface area contributed by atoms with Gasteiger partial charge in [-0.25, -0.2) is 4.79 Å². The third-order valence-corrected chi connectivity index (χ3v) is 3.49. The molecule has 0 radical (unpaired) electrons. The average molecular weight is 299 g/mol. The Morgan fingerprint density at radius 2 is 1.73 bits per heavy atom. The van der Waals surface area contributed by atoms with Gasteiger partial charge >= 0.3 is 5.97 Å². The van der Waals surface area contributed by atoms with Crippen LogP contribution in [0.2, 0.25) is 0 Å². The first-order valence-corrected chi connectivity index (χ1v) is 7.19. The van der Waals surface area contributed by atoms with E-state index >= 15 is 0 Å². The van der Waals surface area contributed by atoms with Crippen molar-refractivity contribution in [2.45, 2.75) is 19.6 Å². The molecule has 0 saturated heterocycles. The fourth-order valence-electron chi connectivity index (χ4n) is 2.13. The van der Waals surface area contributed by atoms with Crippen LogP contribution in [0.1, 0.15) is 33.2 Å². The number of methoxy groups -OCH3 is 1. The summed E-state index contributed by atoms with van der Waals surface area (Å²) in [6.45, 7) is 2.91. The smallest absolute Gasteiger partial charge is 0.337 e. The normalized spacial score (nSPS) is 12.0. The van der Waals surface area contributed by atoms with Crippen molar-refractivity contribution in [2.24, 2.45) is 5.73 Å². The summed E-state index contributed by atoms with van der Waals surface area (Å²) in [6.07, 6.45) is -0.138. The number of aryl methyl sites for hydroxylation is 1. The highest BCUT2D eigenvalue weighted by molar-refractivity contribution is 5.89. The summed E-state index contributed by atoms with van der Waals surface area (Å²) in [5, 5.41) is 0. The van der Waals surface area contributed by atoms with Gasteiger partial charge in [0.1, 0.15) is 0 Å². The molecule has 22 heavy (non-hydrogen) atoms. The number of nitrogens with two attached hydrogens (primary N) is 1. The molecule has 0 amide bonds. The number of hydrogen-bond donors (Lipinski definition) is 1. The molecule has 2 aromatic carbocycles. The van der Waals surface area contributed by atoms with Gasteiger partial charge in [0.05, 0.1) is 25.4 Å². The second kappa shape index (κ2) is 7.73. The van der Waals surface area contributed by atoms with Gasteiger partial charge in [0.15, 0.2) is 0 Å². The Kier molecular flexibility index (Phi) is 5.69. The van der Waals surface area contributed by atoms with Crippen LogP contribution >= 0.6 is 0 Å². The van der Waals surface area contributed by atoms with E-state index in [-0.39, 0.29) is 12.1 Å². The summed E-state index contributed by atoms with van der Waals surface area (Å²) in [4.78, 5) is 11.4. The van der Waals surface area contributed by atoms with Gasteiger partial charge in [0.25, 0.3) is 0 Å². The summed E-state index contributed by atoms with van der Waals surface area (Å²) in [5.74, 6) is -0.341. The van der Waals surface area contributed by atoms with Gasteiger partial charge < -0.3 is 15.2 Å². The van der Waals surface area contributed by atoms with Crippen LogP contribution in [-0.2, 0) is 16.1 Å². The molecule has 4 nitrogen and oxygen atoms in total. The maximum atomic E-state index is 11.4. The van der Waals surface area contributed by atoms with Gasteiger partial charge in [-0.05, 0) is 30.2 Å². The average Bonchev–Trinajstić information content (AvgIpc) is 2.56. The second-order valence-corrected chi connectivity index (χ2v) is 5.13. The molecule has 4 heteroatoms. The van der Waals surface area contributed by atoms with Crippen molar-refractivity contribution < 1.29 is 14.3 Å². The fraction of sp³-hybridized carbons (Fsp3) is 0.278. The summed E-state index contributed by atoms with van der Waals surface area (Å²) in [6, 6.07) is 15.3. The lowest BCUT2D eigenvalue weighted by Gasteiger charge is -2.17. The van der Waals surface area contributed by atoms with Crippen LogP contribution in [0, 0.1) is 6.92 Å². The van der Waals surface area contributed by atoms with E-state index in [1.807, 2.05) is 43.3 Å². The molecule has 0 aliphatic heterocycles. The van der Waals surface area contributed by atoms with Crippen LogP contribution in [0.15, 0.2) is 48.5 Å². The summed E-state index contributed by atoms with van der Waals surface area (Å²) >= 11 is 0. The Morgan fingerprint density at radius 3 is 2.27 bits per heavy atom. The third kappa shape index (κ3) is 4.16. The van der Waals surface area contributed by atoms with Gasteiger partial charge in [-0.2, -0.15) is 0 Å². The Bertz CT molecular complexity index is 605. The molecule has 0 spiro atoms. The number of esters is 1. The highest BCUT2D eigenvalue weighted by atomic mass is 16.5. The SMILES string of the molecule is COC(=O)c1ccc(COC(CN)c2ccc(C)cc2)cc1. The molecule has 0 heterocycles. The molecule has 0 saturated carbocycles. The number of carbonyl (C=O) groups excluding carboxylic acids is 1. The van der Waals surface area contributed by atoms with E-state index < -0.39 is 0 Å². The van der Waals surface area contributed by atoms with Crippen molar-refractivity contribution in [1.29, 1.82) is 0 Å². The molecule has 1 unspecified atom stereocenters. The zero-order valence-corrected chi connectivity index (χ0v) is 12.9. The van der Waals surface area contributed by atoms with Gasteiger partial charge in [-0.3, -0.25) is 0 Å². The van der Waals surface area contributed by atoms with Crippen molar-refractivity contribution in [2.75, 3.05) is 13.7 Å². The molecule has 0 aromatic heterocycles. The highest BCUT2D eigenvalue weighted by Crippen LogP contribution is 2.19. The van der Waals surface area contributed by atoms with Crippen molar-refractivity contribution >= 4 is 5.97 Å². The van der Waals surface area contributed by atoms with E-state index in [9.17, 15) is 4.79 Å². The van der Waals surface area contributed by atoms with E-state index in [0.717, 1.165) is 11.1 Å². The molecule has 0 aliphatic carbocycles. The van der Waals surface area contributed by atoms with Crippen molar-refractivity contribution in [3.63, 3.8) is 0 Å². The molecule has 0 bridgehead atoms. The fourth-order valence-corrected chi connectivity index (χ4v) is 2.13. The number of carbonyl (C=O) groups is 1. The first-order chi connectivity index (χ1) is 10.6. The van der Waals surface area contributed by atoms with Crippen molar-refractivity contribution in [3.8, 4) is 0 Å². The predicted octanol–water partition coefficient (Wildman–Crippen LogP) is 3.00. The van der Waals surface area contributed by atoms with Gasteiger partial charge in [-0.15, -0.1) is 0 Å². The zero-order chi connectivity index (χ0) is 15.9. The maximum absolute atomic E-state index is 11.4. The predicted molar refractivity (Wildman–Crippen MR) is 85.5 cm³/mol. The molecule has 116 valence electrons. The first-order valence-electron chi connectivity index (χ1n) is 7.19. The lowest BCUT2D eigenvalue weighted by molar-refractivity contribution is 0.0455.